The summed E-state index contributed by atoms with van der Waals surface area (Å²) >= 11 is 0. The number of nitrogens with two attached hydrogens (primary N) is 1. The van der Waals surface area contributed by atoms with Crippen molar-refractivity contribution >= 4 is 0 Å². The van der Waals surface area contributed by atoms with Gasteiger partial charge in [0.2, 0.25) is 0 Å². The fourth-order valence-electron chi connectivity index (χ4n) is 1.84. The maximum atomic E-state index is 5.63. The van der Waals surface area contributed by atoms with Crippen molar-refractivity contribution in [3.63, 3.8) is 0 Å². The Labute approximate surface area is 95.9 Å². The van der Waals surface area contributed by atoms with Crippen LogP contribution in [0.1, 0.15) is 16.8 Å². The van der Waals surface area contributed by atoms with Crippen molar-refractivity contribution in [2.45, 2.75) is 20.3 Å². The average molecular weight is 215 g/mol. The monoisotopic (exact) mass is 215 g/mol. The molecule has 1 aromatic heterocycles. The molecule has 0 bridgehead atoms. The molecule has 0 amide bonds. The lowest BCUT2D eigenvalue weighted by Gasteiger charge is -2.09. The summed E-state index contributed by atoms with van der Waals surface area (Å²) in [6.45, 7) is 4.75. The predicted molar refractivity (Wildman–Crippen MR) is 65.8 cm³/mol. The van der Waals surface area contributed by atoms with Gasteiger partial charge in [-0.1, -0.05) is 17.7 Å². The first kappa shape index (κ1) is 10.9. The summed E-state index contributed by atoms with van der Waals surface area (Å²) < 4.78 is 1.92. The first-order chi connectivity index (χ1) is 7.70. The molecular weight excluding hydrogens is 198 g/mol. The number of nitrogens with zero attached hydrogens (tertiary/aromatic N) is 2. The van der Waals surface area contributed by atoms with E-state index in [2.05, 4.69) is 30.2 Å². The third kappa shape index (κ3) is 2.14. The van der Waals surface area contributed by atoms with Gasteiger partial charge in [-0.05, 0) is 44.5 Å². The molecule has 1 aromatic carbocycles. The molecule has 0 saturated carbocycles. The van der Waals surface area contributed by atoms with Gasteiger partial charge in [0.15, 0.2) is 0 Å². The lowest BCUT2D eigenvalue weighted by Crippen LogP contribution is -2.07. The van der Waals surface area contributed by atoms with E-state index in [0.717, 1.165) is 17.8 Å². The van der Waals surface area contributed by atoms with E-state index in [9.17, 15) is 0 Å². The predicted octanol–water partition coefficient (Wildman–Crippen LogP) is 1.99. The number of hydrogen-bond acceptors (Lipinski definition) is 2. The third-order valence-electron chi connectivity index (χ3n) is 2.62. The highest BCUT2D eigenvalue weighted by atomic mass is 15.3. The smallest absolute Gasteiger partial charge is 0.0678 e. The molecule has 0 fully saturated rings. The van der Waals surface area contributed by atoms with Crippen LogP contribution in [0, 0.1) is 13.8 Å². The van der Waals surface area contributed by atoms with Gasteiger partial charge >= 0.3 is 0 Å². The highest BCUT2D eigenvalue weighted by molar-refractivity contribution is 5.43. The quantitative estimate of drug-likeness (QED) is 0.851. The van der Waals surface area contributed by atoms with E-state index >= 15 is 0 Å². The third-order valence-corrected chi connectivity index (χ3v) is 2.62. The molecule has 0 aliphatic heterocycles. The second-order valence-electron chi connectivity index (χ2n) is 4.07. The van der Waals surface area contributed by atoms with Crippen molar-refractivity contribution in [1.82, 2.24) is 9.78 Å². The van der Waals surface area contributed by atoms with Crippen LogP contribution in [0.4, 0.5) is 0 Å². The highest BCUT2D eigenvalue weighted by Gasteiger charge is 2.05. The van der Waals surface area contributed by atoms with Crippen LogP contribution in [-0.2, 0) is 6.42 Å². The van der Waals surface area contributed by atoms with Gasteiger partial charge in [-0.3, -0.25) is 0 Å². The van der Waals surface area contributed by atoms with Gasteiger partial charge in [-0.15, -0.1) is 0 Å². The first-order valence-corrected chi connectivity index (χ1v) is 5.53. The fraction of sp³-hybridized carbons (Fsp3) is 0.308. The van der Waals surface area contributed by atoms with Crippen LogP contribution in [0.5, 0.6) is 0 Å². The van der Waals surface area contributed by atoms with Crippen molar-refractivity contribution in [2.75, 3.05) is 6.54 Å². The van der Waals surface area contributed by atoms with Crippen LogP contribution >= 0.6 is 0 Å². The number of benzene rings is 1. The molecule has 3 nitrogen and oxygen atoms in total. The van der Waals surface area contributed by atoms with Gasteiger partial charge in [-0.2, -0.15) is 5.10 Å². The van der Waals surface area contributed by atoms with E-state index in [1.807, 2.05) is 23.9 Å². The molecular formula is C13H17N3. The molecule has 0 spiro atoms. The first-order valence-electron chi connectivity index (χ1n) is 5.53. The van der Waals surface area contributed by atoms with Crippen molar-refractivity contribution in [3.8, 4) is 5.69 Å². The average Bonchev–Trinajstić information content (AvgIpc) is 2.65. The van der Waals surface area contributed by atoms with E-state index in [1.54, 1.807) is 0 Å². The van der Waals surface area contributed by atoms with Crippen LogP contribution in [0.3, 0.4) is 0 Å². The number of rotatable bonds is 3. The molecule has 16 heavy (non-hydrogen) atoms. The zero-order valence-corrected chi connectivity index (χ0v) is 9.77. The minimum absolute atomic E-state index is 0.663. The lowest BCUT2D eigenvalue weighted by molar-refractivity contribution is 0.837. The standard InChI is InChI=1S/C13H17N3/c1-10-3-4-13(12(9-10)5-7-14)16-8-6-11(2)15-16/h3-4,6,8-9H,5,7,14H2,1-2H3. The molecule has 0 atom stereocenters. The highest BCUT2D eigenvalue weighted by Crippen LogP contribution is 2.16. The molecule has 1 heterocycles. The van der Waals surface area contributed by atoms with Crippen LogP contribution in [0.15, 0.2) is 30.5 Å². The molecule has 2 aromatic rings. The fourth-order valence-corrected chi connectivity index (χ4v) is 1.84. The minimum atomic E-state index is 0.663. The van der Waals surface area contributed by atoms with Crippen LogP contribution in [-0.4, -0.2) is 16.3 Å². The largest absolute Gasteiger partial charge is 0.330 e. The molecule has 0 radical (unpaired) electrons. The number of aryl methyl sites for hydroxylation is 2. The van der Waals surface area contributed by atoms with Crippen molar-refractivity contribution in [3.05, 3.63) is 47.3 Å². The van der Waals surface area contributed by atoms with E-state index in [0.29, 0.717) is 6.54 Å². The van der Waals surface area contributed by atoms with Crippen LogP contribution in [0.25, 0.3) is 5.69 Å². The van der Waals surface area contributed by atoms with E-state index in [4.69, 9.17) is 5.73 Å². The second-order valence-corrected chi connectivity index (χ2v) is 4.07. The Bertz CT molecular complexity index is 486. The van der Waals surface area contributed by atoms with Gasteiger partial charge < -0.3 is 5.73 Å². The van der Waals surface area contributed by atoms with Crippen molar-refractivity contribution in [2.24, 2.45) is 5.73 Å². The zero-order chi connectivity index (χ0) is 11.5. The summed E-state index contributed by atoms with van der Waals surface area (Å²) in [6, 6.07) is 8.39. The van der Waals surface area contributed by atoms with E-state index in [-0.39, 0.29) is 0 Å². The van der Waals surface area contributed by atoms with E-state index in [1.165, 1.54) is 11.1 Å². The number of aromatic nitrogens is 2. The van der Waals surface area contributed by atoms with Crippen molar-refractivity contribution < 1.29 is 0 Å². The Morgan fingerprint density at radius 3 is 2.69 bits per heavy atom. The van der Waals surface area contributed by atoms with Gasteiger partial charge in [0.05, 0.1) is 11.4 Å². The van der Waals surface area contributed by atoms with Gasteiger partial charge in [0.1, 0.15) is 0 Å². The van der Waals surface area contributed by atoms with Gasteiger partial charge in [-0.25, -0.2) is 4.68 Å². The zero-order valence-electron chi connectivity index (χ0n) is 9.77. The Morgan fingerprint density at radius 2 is 2.06 bits per heavy atom. The van der Waals surface area contributed by atoms with E-state index < -0.39 is 0 Å². The molecule has 0 aliphatic rings. The maximum absolute atomic E-state index is 5.63. The molecule has 2 rings (SSSR count). The topological polar surface area (TPSA) is 43.8 Å². The summed E-state index contributed by atoms with van der Waals surface area (Å²) in [5.41, 5.74) is 10.3. The summed E-state index contributed by atoms with van der Waals surface area (Å²) in [7, 11) is 0. The minimum Gasteiger partial charge on any atom is -0.330 e. The Morgan fingerprint density at radius 1 is 1.25 bits per heavy atom. The SMILES string of the molecule is Cc1ccc(-n2ccc(C)n2)c(CCN)c1. The molecule has 0 saturated heterocycles. The lowest BCUT2D eigenvalue weighted by atomic mass is 10.1. The molecule has 0 unspecified atom stereocenters. The molecule has 2 N–H and O–H groups in total. The van der Waals surface area contributed by atoms with Gasteiger partial charge in [0, 0.05) is 6.20 Å². The van der Waals surface area contributed by atoms with Crippen LogP contribution < -0.4 is 5.73 Å². The van der Waals surface area contributed by atoms with Crippen molar-refractivity contribution in [1.29, 1.82) is 0 Å². The Balaban J connectivity index is 2.47. The Hall–Kier alpha value is -1.61. The molecule has 3 heteroatoms. The summed E-state index contributed by atoms with van der Waals surface area (Å²) in [6.07, 6.45) is 2.87. The maximum Gasteiger partial charge on any atom is 0.0678 e. The van der Waals surface area contributed by atoms with Crippen LogP contribution in [0.2, 0.25) is 0 Å². The second kappa shape index (κ2) is 4.49. The summed E-state index contributed by atoms with van der Waals surface area (Å²) in [4.78, 5) is 0. The molecule has 0 aliphatic carbocycles. The normalized spacial score (nSPS) is 10.7. The summed E-state index contributed by atoms with van der Waals surface area (Å²) in [5.74, 6) is 0. The van der Waals surface area contributed by atoms with Gasteiger partial charge in [0.25, 0.3) is 0 Å². The number of hydrogen-bond donors (Lipinski definition) is 1. The Kier molecular flexibility index (Phi) is 3.06. The summed E-state index contributed by atoms with van der Waals surface area (Å²) in [5, 5.41) is 4.43. The molecule has 84 valence electrons.